The molecule has 34 heavy (non-hydrogen) atoms. The molecule has 1 aliphatic rings. The van der Waals surface area contributed by atoms with E-state index in [1.54, 1.807) is 59.8 Å². The van der Waals surface area contributed by atoms with Crippen molar-refractivity contribution >= 4 is 29.3 Å². The Morgan fingerprint density at radius 1 is 1.12 bits per heavy atom. The molecule has 0 saturated carbocycles. The van der Waals surface area contributed by atoms with Gasteiger partial charge in [-0.05, 0) is 42.3 Å². The Balaban J connectivity index is 1.48. The number of rotatable bonds is 6. The first kappa shape index (κ1) is 21.8. The molecule has 4 heterocycles. The van der Waals surface area contributed by atoms with Gasteiger partial charge in [-0.2, -0.15) is 4.98 Å². The highest BCUT2D eigenvalue weighted by Crippen LogP contribution is 2.36. The molecule has 0 bridgehead atoms. The lowest BCUT2D eigenvalue weighted by molar-refractivity contribution is -0.113. The van der Waals surface area contributed by atoms with Gasteiger partial charge in [0.15, 0.2) is 0 Å². The van der Waals surface area contributed by atoms with Gasteiger partial charge in [0.2, 0.25) is 11.1 Å². The van der Waals surface area contributed by atoms with Crippen molar-refractivity contribution < 1.29 is 9.18 Å². The predicted molar refractivity (Wildman–Crippen MR) is 128 cm³/mol. The number of nitrogens with one attached hydrogen (secondary N) is 2. The number of benzene rings is 1. The number of hydrogen-bond donors (Lipinski definition) is 2. The van der Waals surface area contributed by atoms with Gasteiger partial charge in [-0.15, -0.1) is 5.10 Å². The van der Waals surface area contributed by atoms with Crippen molar-refractivity contribution in [1.29, 1.82) is 0 Å². The molecular weight excluding hydrogens is 453 g/mol. The Labute approximate surface area is 199 Å². The zero-order chi connectivity index (χ0) is 23.5. The van der Waals surface area contributed by atoms with Crippen LogP contribution in [0.15, 0.2) is 89.7 Å². The van der Waals surface area contributed by atoms with Gasteiger partial charge in [0.25, 0.3) is 5.91 Å². The summed E-state index contributed by atoms with van der Waals surface area (Å²) in [5.41, 5.74) is 3.09. The quantitative estimate of drug-likeness (QED) is 0.400. The monoisotopic (exact) mass is 473 g/mol. The smallest absolute Gasteiger partial charge is 0.255 e. The number of fused-ring (bicyclic) bond motifs is 1. The van der Waals surface area contributed by atoms with Crippen LogP contribution in [0.1, 0.15) is 24.1 Å². The van der Waals surface area contributed by atoms with Crippen LogP contribution in [-0.4, -0.2) is 30.6 Å². The average Bonchev–Trinajstić information content (AvgIpc) is 3.26. The zero-order valence-electron chi connectivity index (χ0n) is 18.1. The highest BCUT2D eigenvalue weighted by molar-refractivity contribution is 7.98. The standard InChI is InChI=1S/C24H20FN7OS/c1-15-20(22(33)29-18-8-5-11-27-13-18)21(16-7-4-10-26-12-16)32-23(28-15)30-24(31-32)34-14-17-6-2-3-9-19(17)25/h2-13,21H,14H2,1H3,(H,29,33)(H,28,30,31). The molecule has 0 spiro atoms. The van der Waals surface area contributed by atoms with E-state index in [1.807, 2.05) is 19.1 Å². The summed E-state index contributed by atoms with van der Waals surface area (Å²) in [6.45, 7) is 1.83. The lowest BCUT2D eigenvalue weighted by Crippen LogP contribution is -2.31. The van der Waals surface area contributed by atoms with Crippen LogP contribution >= 0.6 is 11.8 Å². The lowest BCUT2D eigenvalue weighted by atomic mass is 9.96. The Morgan fingerprint density at radius 3 is 2.65 bits per heavy atom. The van der Waals surface area contributed by atoms with Crippen LogP contribution in [0.3, 0.4) is 0 Å². The Bertz CT molecular complexity index is 1360. The van der Waals surface area contributed by atoms with E-state index < -0.39 is 6.04 Å². The molecule has 1 amide bonds. The number of hydrogen-bond acceptors (Lipinski definition) is 7. The molecule has 1 aliphatic heterocycles. The molecule has 4 aromatic rings. The average molecular weight is 474 g/mol. The van der Waals surface area contributed by atoms with Crippen molar-refractivity contribution in [2.24, 2.45) is 0 Å². The molecule has 0 radical (unpaired) electrons. The first-order valence-corrected chi connectivity index (χ1v) is 11.5. The summed E-state index contributed by atoms with van der Waals surface area (Å²) in [5.74, 6) is 0.333. The Hall–Kier alpha value is -4.05. The van der Waals surface area contributed by atoms with Crippen LogP contribution in [-0.2, 0) is 10.5 Å². The first-order chi connectivity index (χ1) is 16.6. The zero-order valence-corrected chi connectivity index (χ0v) is 19.0. The molecule has 0 saturated heterocycles. The van der Waals surface area contributed by atoms with Gasteiger partial charge in [0.1, 0.15) is 11.9 Å². The summed E-state index contributed by atoms with van der Waals surface area (Å²) in [6, 6.07) is 13.3. The molecule has 2 N–H and O–H groups in total. The van der Waals surface area contributed by atoms with Crippen LogP contribution in [0.25, 0.3) is 0 Å². The molecular formula is C24H20FN7OS. The largest absolute Gasteiger partial charge is 0.328 e. The van der Waals surface area contributed by atoms with E-state index in [0.717, 1.165) is 5.56 Å². The topological polar surface area (TPSA) is 97.6 Å². The molecule has 10 heteroatoms. The van der Waals surface area contributed by atoms with Gasteiger partial charge in [-0.3, -0.25) is 14.8 Å². The third kappa shape index (κ3) is 4.40. The normalized spacial score (nSPS) is 14.9. The minimum atomic E-state index is -0.545. The van der Waals surface area contributed by atoms with Crippen LogP contribution in [0.5, 0.6) is 0 Å². The van der Waals surface area contributed by atoms with Crippen LogP contribution in [0, 0.1) is 5.82 Å². The second kappa shape index (κ2) is 9.44. The fourth-order valence-electron chi connectivity index (χ4n) is 3.73. The maximum atomic E-state index is 14.0. The minimum Gasteiger partial charge on any atom is -0.328 e. The van der Waals surface area contributed by atoms with Gasteiger partial charge in [-0.25, -0.2) is 9.07 Å². The van der Waals surface area contributed by atoms with Gasteiger partial charge >= 0.3 is 0 Å². The Kier molecular flexibility index (Phi) is 6.05. The number of nitrogens with zero attached hydrogens (tertiary/aromatic N) is 5. The first-order valence-electron chi connectivity index (χ1n) is 10.5. The number of carbonyl (C=O) groups is 1. The molecule has 5 rings (SSSR count). The van der Waals surface area contributed by atoms with E-state index in [9.17, 15) is 9.18 Å². The van der Waals surface area contributed by atoms with Crippen molar-refractivity contribution in [1.82, 2.24) is 24.7 Å². The van der Waals surface area contributed by atoms with Gasteiger partial charge in [0.05, 0.1) is 17.5 Å². The summed E-state index contributed by atoms with van der Waals surface area (Å²) < 4.78 is 15.7. The van der Waals surface area contributed by atoms with E-state index in [4.69, 9.17) is 0 Å². The van der Waals surface area contributed by atoms with Crippen molar-refractivity contribution in [3.8, 4) is 0 Å². The molecule has 0 fully saturated rings. The summed E-state index contributed by atoms with van der Waals surface area (Å²) >= 11 is 1.33. The third-order valence-electron chi connectivity index (χ3n) is 5.31. The van der Waals surface area contributed by atoms with Crippen molar-refractivity contribution in [3.05, 3.63) is 102 Å². The summed E-state index contributed by atoms with van der Waals surface area (Å²) in [5, 5.41) is 11.2. The molecule has 3 aromatic heterocycles. The van der Waals surface area contributed by atoms with Crippen LogP contribution in [0.2, 0.25) is 0 Å². The number of thioether (sulfide) groups is 1. The van der Waals surface area contributed by atoms with E-state index in [0.29, 0.717) is 39.4 Å². The van der Waals surface area contributed by atoms with Crippen molar-refractivity contribution in [2.45, 2.75) is 23.9 Å². The predicted octanol–water partition coefficient (Wildman–Crippen LogP) is 4.43. The molecule has 1 unspecified atom stereocenters. The Morgan fingerprint density at radius 2 is 1.91 bits per heavy atom. The second-order valence-corrected chi connectivity index (χ2v) is 8.53. The number of allylic oxidation sites excluding steroid dienone is 1. The van der Waals surface area contributed by atoms with Crippen LogP contribution in [0.4, 0.5) is 16.0 Å². The number of amides is 1. The highest BCUT2D eigenvalue weighted by Gasteiger charge is 2.34. The third-order valence-corrected chi connectivity index (χ3v) is 6.20. The van der Waals surface area contributed by atoms with E-state index in [1.165, 1.54) is 17.8 Å². The number of carbonyl (C=O) groups excluding carboxylic acids is 1. The maximum absolute atomic E-state index is 14.0. The van der Waals surface area contributed by atoms with Crippen molar-refractivity contribution in [2.75, 3.05) is 10.6 Å². The van der Waals surface area contributed by atoms with E-state index in [-0.39, 0.29) is 11.7 Å². The lowest BCUT2D eigenvalue weighted by Gasteiger charge is -2.28. The molecule has 8 nitrogen and oxygen atoms in total. The fourth-order valence-corrected chi connectivity index (χ4v) is 4.54. The van der Waals surface area contributed by atoms with Gasteiger partial charge in [0, 0.05) is 30.0 Å². The fraction of sp³-hybridized carbons (Fsp3) is 0.125. The number of halogens is 1. The summed E-state index contributed by atoms with van der Waals surface area (Å²) in [7, 11) is 0. The SMILES string of the molecule is CC1=C(C(=O)Nc2cccnc2)C(c2cccnc2)n2nc(SCc3ccccc3F)nc2N1. The van der Waals surface area contributed by atoms with Gasteiger partial charge < -0.3 is 10.6 Å². The molecule has 170 valence electrons. The van der Waals surface area contributed by atoms with E-state index in [2.05, 4.69) is 30.7 Å². The minimum absolute atomic E-state index is 0.266. The number of pyridine rings is 2. The van der Waals surface area contributed by atoms with E-state index >= 15 is 0 Å². The summed E-state index contributed by atoms with van der Waals surface area (Å²) in [6.07, 6.45) is 6.61. The molecule has 1 aromatic carbocycles. The molecule has 1 atom stereocenters. The number of aromatic nitrogens is 5. The second-order valence-electron chi connectivity index (χ2n) is 7.59. The number of anilines is 2. The highest BCUT2D eigenvalue weighted by atomic mass is 32.2. The van der Waals surface area contributed by atoms with Crippen LogP contribution < -0.4 is 10.6 Å². The summed E-state index contributed by atoms with van der Waals surface area (Å²) in [4.78, 5) is 26.2. The van der Waals surface area contributed by atoms with Crippen molar-refractivity contribution in [3.63, 3.8) is 0 Å². The van der Waals surface area contributed by atoms with Gasteiger partial charge in [-0.1, -0.05) is 36.0 Å². The molecule has 0 aliphatic carbocycles. The maximum Gasteiger partial charge on any atom is 0.255 e.